The van der Waals surface area contributed by atoms with Crippen molar-refractivity contribution in [1.29, 1.82) is 0 Å². The summed E-state index contributed by atoms with van der Waals surface area (Å²) >= 11 is 1.98. The third-order valence-electron chi connectivity index (χ3n) is 3.26. The Bertz CT molecular complexity index is 360. The topological polar surface area (TPSA) is 29.1 Å². The van der Waals surface area contributed by atoms with E-state index in [0.717, 1.165) is 18.4 Å². The molecule has 1 aliphatic rings. The number of hydrogen-bond acceptors (Lipinski definition) is 2. The zero-order valence-electron chi connectivity index (χ0n) is 10.2. The highest BCUT2D eigenvalue weighted by Gasteiger charge is 2.20. The van der Waals surface area contributed by atoms with Crippen LogP contribution in [0.15, 0.2) is 30.3 Å². The van der Waals surface area contributed by atoms with E-state index < -0.39 is 0 Å². The molecule has 1 fully saturated rings. The monoisotopic (exact) mass is 249 g/mol. The molecule has 1 unspecified atom stereocenters. The highest BCUT2D eigenvalue weighted by Crippen LogP contribution is 2.19. The lowest BCUT2D eigenvalue weighted by Crippen LogP contribution is -2.39. The van der Waals surface area contributed by atoms with E-state index in [4.69, 9.17) is 0 Å². The summed E-state index contributed by atoms with van der Waals surface area (Å²) < 4.78 is 0. The molecule has 1 saturated heterocycles. The minimum atomic E-state index is -0.0502. The van der Waals surface area contributed by atoms with Gasteiger partial charge in [-0.3, -0.25) is 4.79 Å². The number of carbonyl (C=O) groups excluding carboxylic acids is 1. The number of rotatable bonds is 3. The normalized spacial score (nSPS) is 18.6. The molecule has 1 aromatic carbocycles. The van der Waals surface area contributed by atoms with Crippen molar-refractivity contribution < 1.29 is 4.79 Å². The molecule has 0 radical (unpaired) electrons. The van der Waals surface area contributed by atoms with E-state index in [9.17, 15) is 4.79 Å². The van der Waals surface area contributed by atoms with Crippen LogP contribution in [-0.4, -0.2) is 23.5 Å². The van der Waals surface area contributed by atoms with Crippen LogP contribution in [0.3, 0.4) is 0 Å². The molecule has 0 aliphatic carbocycles. The van der Waals surface area contributed by atoms with E-state index in [0.29, 0.717) is 6.04 Å². The van der Waals surface area contributed by atoms with Crippen LogP contribution in [0, 0.1) is 0 Å². The molecule has 1 atom stereocenters. The minimum absolute atomic E-state index is 0.0502. The van der Waals surface area contributed by atoms with Gasteiger partial charge in [-0.05, 0) is 36.8 Å². The van der Waals surface area contributed by atoms with E-state index in [1.165, 1.54) is 11.5 Å². The van der Waals surface area contributed by atoms with E-state index in [1.54, 1.807) is 0 Å². The van der Waals surface area contributed by atoms with Gasteiger partial charge in [0.15, 0.2) is 0 Å². The molecule has 0 aromatic heterocycles. The molecule has 2 nitrogen and oxygen atoms in total. The SMILES string of the molecule is CC(C(=O)NC1CCSCC1)c1ccccc1. The molecule has 1 aliphatic heterocycles. The molecule has 0 bridgehead atoms. The quantitative estimate of drug-likeness (QED) is 0.892. The summed E-state index contributed by atoms with van der Waals surface area (Å²) in [7, 11) is 0. The Hall–Kier alpha value is -0.960. The van der Waals surface area contributed by atoms with Gasteiger partial charge in [0.05, 0.1) is 5.92 Å². The van der Waals surface area contributed by atoms with E-state index in [2.05, 4.69) is 5.32 Å². The zero-order chi connectivity index (χ0) is 12.1. The van der Waals surface area contributed by atoms with E-state index >= 15 is 0 Å². The molecule has 1 heterocycles. The Morgan fingerprint density at radius 3 is 2.59 bits per heavy atom. The third-order valence-corrected chi connectivity index (χ3v) is 4.31. The van der Waals surface area contributed by atoms with Gasteiger partial charge in [-0.1, -0.05) is 30.3 Å². The van der Waals surface area contributed by atoms with Crippen LogP contribution in [-0.2, 0) is 4.79 Å². The van der Waals surface area contributed by atoms with Crippen molar-refractivity contribution in [2.45, 2.75) is 31.7 Å². The second-order valence-electron chi connectivity index (χ2n) is 4.53. The Morgan fingerprint density at radius 2 is 1.94 bits per heavy atom. The fourth-order valence-electron chi connectivity index (χ4n) is 2.06. The average Bonchev–Trinajstić information content (AvgIpc) is 2.40. The maximum atomic E-state index is 12.1. The van der Waals surface area contributed by atoms with E-state index in [-0.39, 0.29) is 11.8 Å². The number of nitrogens with one attached hydrogen (secondary N) is 1. The van der Waals surface area contributed by atoms with Gasteiger partial charge < -0.3 is 5.32 Å². The molecule has 3 heteroatoms. The maximum Gasteiger partial charge on any atom is 0.227 e. The number of thioether (sulfide) groups is 1. The Labute approximate surface area is 107 Å². The van der Waals surface area contributed by atoms with Gasteiger partial charge in [-0.2, -0.15) is 11.8 Å². The first kappa shape index (κ1) is 12.5. The first-order chi connectivity index (χ1) is 8.27. The van der Waals surface area contributed by atoms with Crippen molar-refractivity contribution in [3.63, 3.8) is 0 Å². The molecule has 92 valence electrons. The summed E-state index contributed by atoms with van der Waals surface area (Å²) in [5.74, 6) is 2.45. The average molecular weight is 249 g/mol. The number of carbonyl (C=O) groups is 1. The van der Waals surface area contributed by atoms with Crippen LogP contribution in [0.5, 0.6) is 0 Å². The largest absolute Gasteiger partial charge is 0.353 e. The lowest BCUT2D eigenvalue weighted by atomic mass is 9.99. The van der Waals surface area contributed by atoms with Crippen LogP contribution < -0.4 is 5.32 Å². The lowest BCUT2D eigenvalue weighted by molar-refractivity contribution is -0.122. The van der Waals surface area contributed by atoms with Crippen LogP contribution >= 0.6 is 11.8 Å². The molecule has 17 heavy (non-hydrogen) atoms. The predicted molar refractivity (Wildman–Crippen MR) is 73.3 cm³/mol. The zero-order valence-corrected chi connectivity index (χ0v) is 11.0. The lowest BCUT2D eigenvalue weighted by Gasteiger charge is -2.24. The van der Waals surface area contributed by atoms with Crippen LogP contribution in [0.1, 0.15) is 31.2 Å². The van der Waals surface area contributed by atoms with Gasteiger partial charge in [-0.15, -0.1) is 0 Å². The number of benzene rings is 1. The Morgan fingerprint density at radius 1 is 1.29 bits per heavy atom. The van der Waals surface area contributed by atoms with Gasteiger partial charge >= 0.3 is 0 Å². The van der Waals surface area contributed by atoms with Crippen molar-refractivity contribution in [1.82, 2.24) is 5.32 Å². The smallest absolute Gasteiger partial charge is 0.227 e. The second kappa shape index (κ2) is 6.10. The fourth-order valence-corrected chi connectivity index (χ4v) is 3.17. The summed E-state index contributed by atoms with van der Waals surface area (Å²) in [6, 6.07) is 10.4. The standard InChI is InChI=1S/C14H19NOS/c1-11(12-5-3-2-4-6-12)14(16)15-13-7-9-17-10-8-13/h2-6,11,13H,7-10H2,1H3,(H,15,16). The molecule has 2 rings (SSSR count). The predicted octanol–water partition coefficient (Wildman–Crippen LogP) is 2.80. The van der Waals surface area contributed by atoms with Gasteiger partial charge in [0, 0.05) is 6.04 Å². The fraction of sp³-hybridized carbons (Fsp3) is 0.500. The molecular weight excluding hydrogens is 230 g/mol. The number of hydrogen-bond donors (Lipinski definition) is 1. The Balaban J connectivity index is 1.91. The molecule has 0 spiro atoms. The van der Waals surface area contributed by atoms with Crippen molar-refractivity contribution in [2.75, 3.05) is 11.5 Å². The van der Waals surface area contributed by atoms with Gasteiger partial charge in [0.25, 0.3) is 0 Å². The molecule has 0 saturated carbocycles. The summed E-state index contributed by atoms with van der Waals surface area (Å²) in [5.41, 5.74) is 1.09. The van der Waals surface area contributed by atoms with Crippen LogP contribution in [0.25, 0.3) is 0 Å². The second-order valence-corrected chi connectivity index (χ2v) is 5.75. The highest BCUT2D eigenvalue weighted by molar-refractivity contribution is 7.99. The van der Waals surface area contributed by atoms with Crippen LogP contribution in [0.4, 0.5) is 0 Å². The van der Waals surface area contributed by atoms with Crippen LogP contribution in [0.2, 0.25) is 0 Å². The van der Waals surface area contributed by atoms with Crippen molar-refractivity contribution in [3.05, 3.63) is 35.9 Å². The highest BCUT2D eigenvalue weighted by atomic mass is 32.2. The summed E-state index contributed by atoms with van der Waals surface area (Å²) in [6.07, 6.45) is 2.22. The van der Waals surface area contributed by atoms with Gasteiger partial charge in [0.2, 0.25) is 5.91 Å². The summed E-state index contributed by atoms with van der Waals surface area (Å²) in [6.45, 7) is 1.97. The molecule has 1 N–H and O–H groups in total. The molecule has 1 amide bonds. The Kier molecular flexibility index (Phi) is 4.49. The maximum absolute atomic E-state index is 12.1. The number of amides is 1. The van der Waals surface area contributed by atoms with Gasteiger partial charge in [-0.25, -0.2) is 0 Å². The van der Waals surface area contributed by atoms with Gasteiger partial charge in [0.1, 0.15) is 0 Å². The first-order valence-corrected chi connectivity index (χ1v) is 7.36. The minimum Gasteiger partial charge on any atom is -0.353 e. The first-order valence-electron chi connectivity index (χ1n) is 6.20. The van der Waals surface area contributed by atoms with Crippen molar-refractivity contribution in [2.24, 2.45) is 0 Å². The summed E-state index contributed by atoms with van der Waals surface area (Å²) in [4.78, 5) is 12.1. The van der Waals surface area contributed by atoms with Crippen molar-refractivity contribution in [3.8, 4) is 0 Å². The third kappa shape index (κ3) is 3.50. The molecular formula is C14H19NOS. The van der Waals surface area contributed by atoms with E-state index in [1.807, 2.05) is 49.0 Å². The molecule has 1 aromatic rings. The summed E-state index contributed by atoms with van der Waals surface area (Å²) in [5, 5.41) is 3.16. The van der Waals surface area contributed by atoms with Crippen molar-refractivity contribution >= 4 is 17.7 Å².